The van der Waals surface area contributed by atoms with Crippen LogP contribution < -0.4 is 0 Å². The van der Waals surface area contributed by atoms with E-state index in [4.69, 9.17) is 18.9 Å². The smallest absolute Gasteiger partial charge is 0.339 e. The van der Waals surface area contributed by atoms with Crippen LogP contribution in [0.1, 0.15) is 13.3 Å². The van der Waals surface area contributed by atoms with E-state index in [9.17, 15) is 4.79 Å². The van der Waals surface area contributed by atoms with Crippen LogP contribution in [-0.2, 0) is 23.7 Å². The van der Waals surface area contributed by atoms with Crippen LogP contribution in [0.25, 0.3) is 0 Å². The molecule has 0 spiro atoms. The van der Waals surface area contributed by atoms with Crippen molar-refractivity contribution in [2.75, 3.05) is 20.8 Å². The van der Waals surface area contributed by atoms with E-state index in [1.165, 1.54) is 7.11 Å². The maximum atomic E-state index is 11.7. The van der Waals surface area contributed by atoms with E-state index in [1.54, 1.807) is 7.11 Å². The molecule has 0 N–H and O–H groups in total. The molecular formula is C12H16O5. The Morgan fingerprint density at radius 1 is 1.29 bits per heavy atom. The predicted octanol–water partition coefficient (Wildman–Crippen LogP) is 1.15. The fourth-order valence-electron chi connectivity index (χ4n) is 2.18. The van der Waals surface area contributed by atoms with Crippen molar-refractivity contribution in [1.29, 1.82) is 0 Å². The van der Waals surface area contributed by atoms with Crippen LogP contribution in [0.15, 0.2) is 22.8 Å². The van der Waals surface area contributed by atoms with Crippen LogP contribution in [0.2, 0.25) is 0 Å². The number of allylic oxidation sites excluding steroid dienone is 1. The van der Waals surface area contributed by atoms with E-state index in [-0.39, 0.29) is 5.97 Å². The summed E-state index contributed by atoms with van der Waals surface area (Å²) in [5.41, 5.74) is 2.27. The highest BCUT2D eigenvalue weighted by molar-refractivity contribution is 5.92. The van der Waals surface area contributed by atoms with Gasteiger partial charge in [-0.3, -0.25) is 0 Å². The van der Waals surface area contributed by atoms with Crippen molar-refractivity contribution in [2.24, 2.45) is 0 Å². The molecule has 2 atom stereocenters. The maximum absolute atomic E-state index is 11.7. The Morgan fingerprint density at radius 2 is 2.00 bits per heavy atom. The van der Waals surface area contributed by atoms with E-state index in [2.05, 4.69) is 0 Å². The molecule has 17 heavy (non-hydrogen) atoms. The Morgan fingerprint density at radius 3 is 2.59 bits per heavy atom. The molecule has 0 bridgehead atoms. The van der Waals surface area contributed by atoms with Gasteiger partial charge in [-0.2, -0.15) is 0 Å². The summed E-state index contributed by atoms with van der Waals surface area (Å²) in [7, 11) is 3.05. The van der Waals surface area contributed by atoms with Crippen LogP contribution >= 0.6 is 0 Å². The van der Waals surface area contributed by atoms with Gasteiger partial charge in [0, 0.05) is 26.2 Å². The molecule has 0 saturated heterocycles. The van der Waals surface area contributed by atoms with Gasteiger partial charge in [-0.1, -0.05) is 6.08 Å². The first-order valence-electron chi connectivity index (χ1n) is 5.50. The lowest BCUT2D eigenvalue weighted by Gasteiger charge is -2.35. The fourth-order valence-corrected chi connectivity index (χ4v) is 2.18. The standard InChI is InChI=1S/C12H16O5/c1-4-7-8-5-6-16-10(13)9(8)12(15-3)17-11(7)14-2/h4,11-12H,5-6H2,1-3H3/b7-4+/t11-,12+/m1/s1. The van der Waals surface area contributed by atoms with Crippen molar-refractivity contribution >= 4 is 5.97 Å². The summed E-state index contributed by atoms with van der Waals surface area (Å²) in [6.45, 7) is 2.28. The molecule has 0 aliphatic carbocycles. The molecule has 2 heterocycles. The van der Waals surface area contributed by atoms with Gasteiger partial charge >= 0.3 is 5.97 Å². The maximum Gasteiger partial charge on any atom is 0.339 e. The van der Waals surface area contributed by atoms with Crippen LogP contribution in [0, 0.1) is 0 Å². The molecule has 5 nitrogen and oxygen atoms in total. The van der Waals surface area contributed by atoms with Gasteiger partial charge in [0.1, 0.15) is 0 Å². The predicted molar refractivity (Wildman–Crippen MR) is 59.0 cm³/mol. The second kappa shape index (κ2) is 5.00. The van der Waals surface area contributed by atoms with Crippen LogP contribution in [0.3, 0.4) is 0 Å². The molecule has 2 rings (SSSR count). The normalized spacial score (nSPS) is 31.5. The zero-order chi connectivity index (χ0) is 12.4. The Balaban J connectivity index is 2.48. The summed E-state index contributed by atoms with van der Waals surface area (Å²) < 4.78 is 21.0. The average Bonchev–Trinajstić information content (AvgIpc) is 2.36. The summed E-state index contributed by atoms with van der Waals surface area (Å²) in [6, 6.07) is 0. The van der Waals surface area contributed by atoms with Gasteiger partial charge in [-0.15, -0.1) is 0 Å². The number of esters is 1. The second-order valence-corrected chi connectivity index (χ2v) is 3.79. The molecule has 0 aromatic heterocycles. The van der Waals surface area contributed by atoms with Crippen molar-refractivity contribution < 1.29 is 23.7 Å². The minimum Gasteiger partial charge on any atom is -0.462 e. The summed E-state index contributed by atoms with van der Waals surface area (Å²) in [6.07, 6.45) is 1.36. The number of methoxy groups -OCH3 is 2. The molecule has 0 fully saturated rings. The third-order valence-electron chi connectivity index (χ3n) is 2.95. The summed E-state index contributed by atoms with van der Waals surface area (Å²) in [4.78, 5) is 11.7. The molecule has 2 aliphatic heterocycles. The van der Waals surface area contributed by atoms with Gasteiger partial charge in [0.05, 0.1) is 12.2 Å². The molecule has 0 aromatic rings. The second-order valence-electron chi connectivity index (χ2n) is 3.79. The van der Waals surface area contributed by atoms with Crippen molar-refractivity contribution in [2.45, 2.75) is 25.9 Å². The lowest BCUT2D eigenvalue weighted by Crippen LogP contribution is -2.40. The van der Waals surface area contributed by atoms with Crippen LogP contribution in [-0.4, -0.2) is 39.4 Å². The fraction of sp³-hybridized carbons (Fsp3) is 0.583. The summed E-state index contributed by atoms with van der Waals surface area (Å²) >= 11 is 0. The number of hydrogen-bond acceptors (Lipinski definition) is 5. The Hall–Kier alpha value is -1.17. The lowest BCUT2D eigenvalue weighted by molar-refractivity contribution is -0.208. The topological polar surface area (TPSA) is 54.0 Å². The zero-order valence-electron chi connectivity index (χ0n) is 10.2. The van der Waals surface area contributed by atoms with E-state index >= 15 is 0 Å². The average molecular weight is 240 g/mol. The number of carbonyl (C=O) groups excluding carboxylic acids is 1. The minimum absolute atomic E-state index is 0.369. The zero-order valence-corrected chi connectivity index (χ0v) is 10.2. The SMILES string of the molecule is C/C=C1\C2=C(C(=O)OCC2)[C@@H](OC)O[C@H]1OC. The minimum atomic E-state index is -0.716. The van der Waals surface area contributed by atoms with Crippen molar-refractivity contribution in [3.05, 3.63) is 22.8 Å². The van der Waals surface area contributed by atoms with E-state index in [0.717, 1.165) is 11.1 Å². The third-order valence-corrected chi connectivity index (χ3v) is 2.95. The lowest BCUT2D eigenvalue weighted by atomic mass is 9.92. The number of cyclic esters (lactones) is 1. The number of carbonyl (C=O) groups is 1. The quantitative estimate of drug-likeness (QED) is 0.678. The molecule has 5 heteroatoms. The van der Waals surface area contributed by atoms with E-state index in [0.29, 0.717) is 18.6 Å². The van der Waals surface area contributed by atoms with Crippen molar-refractivity contribution in [3.63, 3.8) is 0 Å². The molecule has 0 saturated carbocycles. The highest BCUT2D eigenvalue weighted by atomic mass is 16.8. The van der Waals surface area contributed by atoms with Crippen LogP contribution in [0.4, 0.5) is 0 Å². The molecule has 2 aliphatic rings. The largest absolute Gasteiger partial charge is 0.462 e. The van der Waals surface area contributed by atoms with Crippen molar-refractivity contribution in [3.8, 4) is 0 Å². The van der Waals surface area contributed by atoms with Gasteiger partial charge < -0.3 is 18.9 Å². The van der Waals surface area contributed by atoms with Gasteiger partial charge in [0.25, 0.3) is 0 Å². The first-order chi connectivity index (χ1) is 8.22. The number of rotatable bonds is 2. The molecule has 94 valence electrons. The Bertz CT molecular complexity index is 382. The first-order valence-corrected chi connectivity index (χ1v) is 5.50. The molecule has 0 aromatic carbocycles. The number of hydrogen-bond donors (Lipinski definition) is 0. The third kappa shape index (κ3) is 2.01. The van der Waals surface area contributed by atoms with E-state index in [1.807, 2.05) is 13.0 Å². The van der Waals surface area contributed by atoms with Gasteiger partial charge in [-0.25, -0.2) is 4.79 Å². The molecule has 0 unspecified atom stereocenters. The molecular weight excluding hydrogens is 224 g/mol. The monoisotopic (exact) mass is 240 g/mol. The Kier molecular flexibility index (Phi) is 3.61. The highest BCUT2D eigenvalue weighted by Gasteiger charge is 2.39. The number of ether oxygens (including phenoxy) is 4. The Labute approximate surface area is 100.0 Å². The molecule has 0 radical (unpaired) electrons. The molecule has 0 amide bonds. The summed E-state index contributed by atoms with van der Waals surface area (Å²) in [5, 5.41) is 0. The highest BCUT2D eigenvalue weighted by Crippen LogP contribution is 2.36. The van der Waals surface area contributed by atoms with Gasteiger partial charge in [0.15, 0.2) is 12.6 Å². The summed E-state index contributed by atoms with van der Waals surface area (Å²) in [5.74, 6) is -0.369. The van der Waals surface area contributed by atoms with Crippen molar-refractivity contribution in [1.82, 2.24) is 0 Å². The van der Waals surface area contributed by atoms with Gasteiger partial charge in [0.2, 0.25) is 0 Å². The first kappa shape index (κ1) is 12.3. The van der Waals surface area contributed by atoms with Gasteiger partial charge in [-0.05, 0) is 12.5 Å². The van der Waals surface area contributed by atoms with E-state index < -0.39 is 12.6 Å². The van der Waals surface area contributed by atoms with Crippen LogP contribution in [0.5, 0.6) is 0 Å².